The Morgan fingerprint density at radius 3 is 2.58 bits per heavy atom. The third kappa shape index (κ3) is 5.17. The van der Waals surface area contributed by atoms with Gasteiger partial charge in [0.2, 0.25) is 0 Å². The van der Waals surface area contributed by atoms with Crippen LogP contribution in [-0.4, -0.2) is 31.1 Å². The quantitative estimate of drug-likeness (QED) is 0.513. The lowest BCUT2D eigenvalue weighted by molar-refractivity contribution is -0.125. The number of carbonyl (C=O) groups is 2. The second-order valence-electron chi connectivity index (χ2n) is 8.20. The number of hydrogen-bond donors (Lipinski definition) is 1. The summed E-state index contributed by atoms with van der Waals surface area (Å²) in [5.74, 6) is 1.11. The number of nitrogens with one attached hydrogen (secondary N) is 1. The van der Waals surface area contributed by atoms with Crippen molar-refractivity contribution in [3.63, 3.8) is 0 Å². The molecule has 0 saturated carbocycles. The molecule has 0 bridgehead atoms. The van der Waals surface area contributed by atoms with Crippen molar-refractivity contribution in [2.24, 2.45) is 0 Å². The Morgan fingerprint density at radius 2 is 1.82 bits per heavy atom. The van der Waals surface area contributed by atoms with E-state index in [1.54, 1.807) is 30.0 Å². The third-order valence-electron chi connectivity index (χ3n) is 5.73. The van der Waals surface area contributed by atoms with Crippen molar-refractivity contribution in [2.75, 3.05) is 23.4 Å². The highest BCUT2D eigenvalue weighted by Crippen LogP contribution is 2.36. The summed E-state index contributed by atoms with van der Waals surface area (Å²) in [6, 6.07) is 20.6. The first kappa shape index (κ1) is 22.4. The predicted octanol–water partition coefficient (Wildman–Crippen LogP) is 5.14. The number of anilines is 2. The highest BCUT2D eigenvalue weighted by Gasteiger charge is 2.31. The standard InChI is InChI=1S/C27H28N2O4/c1-18-10-11-21(16-19(18)2)26(30)28-22-12-13-25-24(17-22)29(27(31)20(3)33-25)14-7-15-32-23-8-5-4-6-9-23/h4-6,8-13,16-17,20H,7,14-15H2,1-3H3,(H,28,30). The van der Waals surface area contributed by atoms with Crippen molar-refractivity contribution < 1.29 is 19.1 Å². The first-order valence-corrected chi connectivity index (χ1v) is 11.1. The van der Waals surface area contributed by atoms with Gasteiger partial charge in [0, 0.05) is 17.8 Å². The van der Waals surface area contributed by atoms with Gasteiger partial charge in [0.25, 0.3) is 11.8 Å². The summed E-state index contributed by atoms with van der Waals surface area (Å²) in [6.07, 6.45) is 0.0926. The van der Waals surface area contributed by atoms with Crippen molar-refractivity contribution in [2.45, 2.75) is 33.3 Å². The van der Waals surface area contributed by atoms with Crippen molar-refractivity contribution in [3.05, 3.63) is 83.4 Å². The zero-order chi connectivity index (χ0) is 23.4. The molecule has 0 spiro atoms. The van der Waals surface area contributed by atoms with Crippen LogP contribution in [0, 0.1) is 13.8 Å². The van der Waals surface area contributed by atoms with Gasteiger partial charge in [-0.15, -0.1) is 0 Å². The molecule has 1 aliphatic heterocycles. The molecule has 3 aromatic rings. The van der Waals surface area contributed by atoms with E-state index in [-0.39, 0.29) is 11.8 Å². The largest absolute Gasteiger partial charge is 0.494 e. The van der Waals surface area contributed by atoms with E-state index in [9.17, 15) is 9.59 Å². The van der Waals surface area contributed by atoms with Crippen LogP contribution in [0.5, 0.6) is 11.5 Å². The Hall–Kier alpha value is -3.80. The molecule has 2 amide bonds. The molecule has 3 aromatic carbocycles. The number of carbonyl (C=O) groups excluding carboxylic acids is 2. The number of aryl methyl sites for hydroxylation is 2. The number of rotatable bonds is 7. The van der Waals surface area contributed by atoms with Crippen molar-refractivity contribution in [3.8, 4) is 11.5 Å². The van der Waals surface area contributed by atoms with E-state index >= 15 is 0 Å². The fourth-order valence-corrected chi connectivity index (χ4v) is 3.73. The second-order valence-corrected chi connectivity index (χ2v) is 8.20. The van der Waals surface area contributed by atoms with Crippen molar-refractivity contribution in [1.29, 1.82) is 0 Å². The summed E-state index contributed by atoms with van der Waals surface area (Å²) in [4.78, 5) is 27.3. The van der Waals surface area contributed by atoms with Crippen LogP contribution in [0.4, 0.5) is 11.4 Å². The maximum Gasteiger partial charge on any atom is 0.267 e. The highest BCUT2D eigenvalue weighted by molar-refractivity contribution is 6.06. The van der Waals surface area contributed by atoms with Crippen LogP contribution < -0.4 is 19.7 Å². The average Bonchev–Trinajstić information content (AvgIpc) is 2.81. The second kappa shape index (κ2) is 9.77. The Balaban J connectivity index is 1.47. The zero-order valence-corrected chi connectivity index (χ0v) is 19.1. The van der Waals surface area contributed by atoms with Gasteiger partial charge in [-0.25, -0.2) is 0 Å². The lowest BCUT2D eigenvalue weighted by Gasteiger charge is -2.33. The molecule has 1 unspecified atom stereocenters. The molecule has 6 nitrogen and oxygen atoms in total. The van der Waals surface area contributed by atoms with E-state index in [1.807, 2.05) is 62.4 Å². The van der Waals surface area contributed by atoms with Gasteiger partial charge in [-0.3, -0.25) is 9.59 Å². The van der Waals surface area contributed by atoms with Crippen LogP contribution in [0.2, 0.25) is 0 Å². The molecule has 1 aliphatic rings. The number of nitrogens with zero attached hydrogens (tertiary/aromatic N) is 1. The lowest BCUT2D eigenvalue weighted by Crippen LogP contribution is -2.45. The zero-order valence-electron chi connectivity index (χ0n) is 19.1. The summed E-state index contributed by atoms with van der Waals surface area (Å²) >= 11 is 0. The van der Waals surface area contributed by atoms with Crippen LogP contribution in [0.3, 0.4) is 0 Å². The molecule has 0 aromatic heterocycles. The molecule has 0 saturated heterocycles. The Kier molecular flexibility index (Phi) is 6.63. The van der Waals surface area contributed by atoms with E-state index in [4.69, 9.17) is 9.47 Å². The summed E-state index contributed by atoms with van der Waals surface area (Å²) in [5.41, 5.74) is 4.04. The Labute approximate surface area is 194 Å². The smallest absolute Gasteiger partial charge is 0.267 e. The molecular weight excluding hydrogens is 416 g/mol. The topological polar surface area (TPSA) is 67.9 Å². The third-order valence-corrected chi connectivity index (χ3v) is 5.73. The van der Waals surface area contributed by atoms with Gasteiger partial charge < -0.3 is 19.7 Å². The van der Waals surface area contributed by atoms with Crippen LogP contribution in [0.1, 0.15) is 34.8 Å². The maximum absolute atomic E-state index is 12.8. The summed E-state index contributed by atoms with van der Waals surface area (Å²) in [5, 5.41) is 2.93. The van der Waals surface area contributed by atoms with E-state index in [0.717, 1.165) is 16.9 Å². The number of para-hydroxylation sites is 1. The molecule has 6 heteroatoms. The molecule has 33 heavy (non-hydrogen) atoms. The van der Waals surface area contributed by atoms with Gasteiger partial charge in [-0.05, 0) is 80.8 Å². The minimum Gasteiger partial charge on any atom is -0.494 e. The Bertz CT molecular complexity index is 1160. The molecule has 0 radical (unpaired) electrons. The normalized spacial score (nSPS) is 14.9. The van der Waals surface area contributed by atoms with Crippen LogP contribution in [0.15, 0.2) is 66.7 Å². The molecule has 1 N–H and O–H groups in total. The highest BCUT2D eigenvalue weighted by atomic mass is 16.5. The SMILES string of the molecule is Cc1ccc(C(=O)Nc2ccc3c(c2)N(CCCOc2ccccc2)C(=O)C(C)O3)cc1C. The minimum atomic E-state index is -0.566. The predicted molar refractivity (Wildman–Crippen MR) is 129 cm³/mol. The van der Waals surface area contributed by atoms with Crippen molar-refractivity contribution in [1.82, 2.24) is 0 Å². The van der Waals surface area contributed by atoms with Crippen molar-refractivity contribution >= 4 is 23.2 Å². The number of ether oxygens (including phenoxy) is 2. The number of benzene rings is 3. The molecule has 4 rings (SSSR count). The molecular formula is C27H28N2O4. The maximum atomic E-state index is 12.8. The van der Waals surface area contributed by atoms with Crippen LogP contribution >= 0.6 is 0 Å². The molecule has 0 fully saturated rings. The fraction of sp³-hybridized carbons (Fsp3) is 0.259. The minimum absolute atomic E-state index is 0.111. The summed E-state index contributed by atoms with van der Waals surface area (Å²) in [6.45, 7) is 6.71. The fourth-order valence-electron chi connectivity index (χ4n) is 3.73. The molecule has 1 atom stereocenters. The van der Waals surface area contributed by atoms with E-state index in [1.165, 1.54) is 0 Å². The van der Waals surface area contributed by atoms with Crippen LogP contribution in [-0.2, 0) is 4.79 Å². The van der Waals surface area contributed by atoms with Gasteiger partial charge in [-0.2, -0.15) is 0 Å². The lowest BCUT2D eigenvalue weighted by atomic mass is 10.1. The first-order chi connectivity index (χ1) is 15.9. The van der Waals surface area contributed by atoms with Gasteiger partial charge >= 0.3 is 0 Å². The Morgan fingerprint density at radius 1 is 1.03 bits per heavy atom. The van der Waals surface area contributed by atoms with E-state index in [0.29, 0.717) is 42.3 Å². The number of amides is 2. The van der Waals surface area contributed by atoms with Gasteiger partial charge in [0.15, 0.2) is 6.10 Å². The van der Waals surface area contributed by atoms with Gasteiger partial charge in [0.1, 0.15) is 11.5 Å². The molecule has 1 heterocycles. The number of fused-ring (bicyclic) bond motifs is 1. The van der Waals surface area contributed by atoms with E-state index in [2.05, 4.69) is 5.32 Å². The van der Waals surface area contributed by atoms with E-state index < -0.39 is 6.10 Å². The number of hydrogen-bond acceptors (Lipinski definition) is 4. The van der Waals surface area contributed by atoms with Gasteiger partial charge in [0.05, 0.1) is 12.3 Å². The monoisotopic (exact) mass is 444 g/mol. The first-order valence-electron chi connectivity index (χ1n) is 11.1. The van der Waals surface area contributed by atoms with Gasteiger partial charge in [-0.1, -0.05) is 24.3 Å². The molecule has 0 aliphatic carbocycles. The molecule has 170 valence electrons. The summed E-state index contributed by atoms with van der Waals surface area (Å²) in [7, 11) is 0. The average molecular weight is 445 g/mol. The summed E-state index contributed by atoms with van der Waals surface area (Å²) < 4.78 is 11.6. The van der Waals surface area contributed by atoms with Crippen LogP contribution in [0.25, 0.3) is 0 Å².